The molecule has 1 aliphatic heterocycles. The van der Waals surface area contributed by atoms with E-state index in [-0.39, 0.29) is 0 Å². The average molecular weight is 380 g/mol. The second-order valence-corrected chi connectivity index (χ2v) is 7.60. The highest BCUT2D eigenvalue weighted by atomic mass is 16.3. The predicted molar refractivity (Wildman–Crippen MR) is 111 cm³/mol. The van der Waals surface area contributed by atoms with Crippen LogP contribution in [0, 0.1) is 0 Å². The van der Waals surface area contributed by atoms with E-state index in [0.717, 1.165) is 66.7 Å². The van der Waals surface area contributed by atoms with Crippen LogP contribution < -0.4 is 10.6 Å². The molecule has 2 N–H and O–H groups in total. The molecule has 0 bridgehead atoms. The van der Waals surface area contributed by atoms with Crippen molar-refractivity contribution < 1.29 is 4.42 Å². The van der Waals surface area contributed by atoms with Gasteiger partial charge in [-0.15, -0.1) is 0 Å². The number of aryl methyl sites for hydroxylation is 1. The smallest absolute Gasteiger partial charge is 0.191 e. The number of aromatic nitrogens is 3. The predicted octanol–water partition coefficient (Wildman–Crippen LogP) is 2.87. The van der Waals surface area contributed by atoms with Crippen LogP contribution in [0.25, 0.3) is 11.0 Å². The molecule has 0 aliphatic carbocycles. The molecule has 7 nitrogen and oxygen atoms in total. The van der Waals surface area contributed by atoms with Crippen molar-refractivity contribution in [1.82, 2.24) is 25.4 Å². The van der Waals surface area contributed by atoms with Crippen molar-refractivity contribution in [1.29, 1.82) is 0 Å². The molecule has 2 aromatic heterocycles. The highest BCUT2D eigenvalue weighted by Gasteiger charge is 2.23. The van der Waals surface area contributed by atoms with Crippen molar-refractivity contribution >= 4 is 16.9 Å². The normalized spacial score (nSPS) is 17.1. The SMILES string of the molecule is CN=C(NCCc1cc2ccccc2o1)NC1CCc2nc(C(C)C)nn2C1. The topological polar surface area (TPSA) is 80.3 Å². The number of hydrogen-bond donors (Lipinski definition) is 2. The Kier molecular flexibility index (Phi) is 5.32. The summed E-state index contributed by atoms with van der Waals surface area (Å²) in [5, 5.41) is 12.7. The lowest BCUT2D eigenvalue weighted by molar-refractivity contribution is 0.391. The number of guanidine groups is 1. The highest BCUT2D eigenvalue weighted by Crippen LogP contribution is 2.19. The van der Waals surface area contributed by atoms with Crippen LogP contribution in [0.3, 0.4) is 0 Å². The van der Waals surface area contributed by atoms with Crippen molar-refractivity contribution in [3.63, 3.8) is 0 Å². The highest BCUT2D eigenvalue weighted by molar-refractivity contribution is 5.80. The molecular formula is C21H28N6O. The summed E-state index contributed by atoms with van der Waals surface area (Å²) in [7, 11) is 1.80. The van der Waals surface area contributed by atoms with Crippen LogP contribution in [-0.4, -0.2) is 40.4 Å². The third kappa shape index (κ3) is 4.03. The van der Waals surface area contributed by atoms with E-state index in [1.165, 1.54) is 0 Å². The number of aliphatic imine (C=N–C) groups is 1. The number of para-hydroxylation sites is 1. The quantitative estimate of drug-likeness (QED) is 0.525. The first-order valence-electron chi connectivity index (χ1n) is 10.0. The molecule has 1 unspecified atom stereocenters. The molecule has 0 saturated carbocycles. The van der Waals surface area contributed by atoms with E-state index in [4.69, 9.17) is 4.42 Å². The lowest BCUT2D eigenvalue weighted by atomic mass is 10.1. The first-order valence-corrected chi connectivity index (χ1v) is 10.0. The van der Waals surface area contributed by atoms with Gasteiger partial charge in [0.25, 0.3) is 0 Å². The zero-order valence-electron chi connectivity index (χ0n) is 16.8. The van der Waals surface area contributed by atoms with E-state index in [9.17, 15) is 0 Å². The van der Waals surface area contributed by atoms with Gasteiger partial charge >= 0.3 is 0 Å². The van der Waals surface area contributed by atoms with Gasteiger partial charge in [0.1, 0.15) is 17.2 Å². The molecule has 28 heavy (non-hydrogen) atoms. The molecule has 1 aliphatic rings. The van der Waals surface area contributed by atoms with E-state index in [1.807, 2.05) is 22.9 Å². The summed E-state index contributed by atoms with van der Waals surface area (Å²) >= 11 is 0. The number of furan rings is 1. The first kappa shape index (κ1) is 18.5. The zero-order valence-corrected chi connectivity index (χ0v) is 16.8. The van der Waals surface area contributed by atoms with Gasteiger partial charge in [-0.1, -0.05) is 32.0 Å². The summed E-state index contributed by atoms with van der Waals surface area (Å²) in [5.41, 5.74) is 0.937. The maximum Gasteiger partial charge on any atom is 0.191 e. The zero-order chi connectivity index (χ0) is 19.5. The molecule has 0 amide bonds. The van der Waals surface area contributed by atoms with Crippen LogP contribution in [0.2, 0.25) is 0 Å². The van der Waals surface area contributed by atoms with E-state index >= 15 is 0 Å². The Morgan fingerprint density at radius 1 is 1.36 bits per heavy atom. The molecule has 0 spiro atoms. The maximum atomic E-state index is 5.88. The van der Waals surface area contributed by atoms with Crippen molar-refractivity contribution in [3.8, 4) is 0 Å². The largest absolute Gasteiger partial charge is 0.461 e. The Balaban J connectivity index is 1.30. The number of nitrogens with one attached hydrogen (secondary N) is 2. The van der Waals surface area contributed by atoms with Crippen molar-refractivity contribution in [2.75, 3.05) is 13.6 Å². The van der Waals surface area contributed by atoms with Crippen LogP contribution in [-0.2, 0) is 19.4 Å². The average Bonchev–Trinajstić information content (AvgIpc) is 3.30. The molecule has 1 atom stereocenters. The summed E-state index contributed by atoms with van der Waals surface area (Å²) in [4.78, 5) is 9.02. The van der Waals surface area contributed by atoms with Crippen LogP contribution in [0.1, 0.15) is 43.6 Å². The second-order valence-electron chi connectivity index (χ2n) is 7.60. The third-order valence-corrected chi connectivity index (χ3v) is 5.10. The molecule has 3 heterocycles. The van der Waals surface area contributed by atoms with E-state index < -0.39 is 0 Å². The molecule has 4 rings (SSSR count). The molecular weight excluding hydrogens is 352 g/mol. The van der Waals surface area contributed by atoms with Gasteiger partial charge in [0, 0.05) is 43.8 Å². The lowest BCUT2D eigenvalue weighted by Gasteiger charge is -2.25. The van der Waals surface area contributed by atoms with Gasteiger partial charge in [0.15, 0.2) is 11.8 Å². The van der Waals surface area contributed by atoms with Gasteiger partial charge in [-0.25, -0.2) is 9.67 Å². The third-order valence-electron chi connectivity index (χ3n) is 5.10. The number of rotatable bonds is 5. The molecule has 0 fully saturated rings. The first-order chi connectivity index (χ1) is 13.6. The molecule has 0 saturated heterocycles. The Morgan fingerprint density at radius 2 is 2.21 bits per heavy atom. The fourth-order valence-corrected chi connectivity index (χ4v) is 3.54. The van der Waals surface area contributed by atoms with Crippen molar-refractivity contribution in [3.05, 3.63) is 47.7 Å². The molecule has 0 radical (unpaired) electrons. The van der Waals surface area contributed by atoms with Gasteiger partial charge in [-0.2, -0.15) is 5.10 Å². The van der Waals surface area contributed by atoms with Crippen LogP contribution in [0.15, 0.2) is 39.7 Å². The Bertz CT molecular complexity index is 937. The minimum Gasteiger partial charge on any atom is -0.461 e. The Morgan fingerprint density at radius 3 is 3.00 bits per heavy atom. The van der Waals surface area contributed by atoms with E-state index in [0.29, 0.717) is 12.0 Å². The van der Waals surface area contributed by atoms with Gasteiger partial charge in [0.05, 0.1) is 6.54 Å². The number of nitrogens with zero attached hydrogens (tertiary/aromatic N) is 4. The lowest BCUT2D eigenvalue weighted by Crippen LogP contribution is -2.47. The standard InChI is InChI=1S/C21H28N6O/c1-14(2)20-25-19-9-8-16(13-27(19)26-20)24-21(22-3)23-11-10-17-12-15-6-4-5-7-18(15)28-17/h4-7,12,14,16H,8-11,13H2,1-3H3,(H2,22,23,24). The summed E-state index contributed by atoms with van der Waals surface area (Å²) in [5.74, 6) is 4.18. The van der Waals surface area contributed by atoms with Crippen LogP contribution in [0.5, 0.6) is 0 Å². The fourth-order valence-electron chi connectivity index (χ4n) is 3.54. The van der Waals surface area contributed by atoms with Gasteiger partial charge in [-0.3, -0.25) is 4.99 Å². The molecule has 148 valence electrons. The molecule has 7 heteroatoms. The van der Waals surface area contributed by atoms with Gasteiger partial charge in [-0.05, 0) is 18.6 Å². The van der Waals surface area contributed by atoms with Crippen LogP contribution >= 0.6 is 0 Å². The minimum atomic E-state index is 0.298. The second kappa shape index (κ2) is 8.04. The fraction of sp³-hybridized carbons (Fsp3) is 0.476. The molecule has 1 aromatic carbocycles. The van der Waals surface area contributed by atoms with Gasteiger partial charge in [0.2, 0.25) is 0 Å². The maximum absolute atomic E-state index is 5.88. The number of hydrogen-bond acceptors (Lipinski definition) is 4. The van der Waals surface area contributed by atoms with E-state index in [2.05, 4.69) is 51.7 Å². The number of fused-ring (bicyclic) bond motifs is 2. The summed E-state index contributed by atoms with van der Waals surface area (Å²) in [6, 6.07) is 10.5. The van der Waals surface area contributed by atoms with Crippen molar-refractivity contribution in [2.24, 2.45) is 4.99 Å². The Labute approximate surface area is 165 Å². The minimum absolute atomic E-state index is 0.298. The van der Waals surface area contributed by atoms with Crippen LogP contribution in [0.4, 0.5) is 0 Å². The summed E-state index contributed by atoms with van der Waals surface area (Å²) < 4.78 is 7.92. The number of benzene rings is 1. The van der Waals surface area contributed by atoms with Gasteiger partial charge < -0.3 is 15.1 Å². The molecule has 3 aromatic rings. The van der Waals surface area contributed by atoms with Crippen molar-refractivity contribution in [2.45, 2.75) is 51.6 Å². The summed E-state index contributed by atoms with van der Waals surface area (Å²) in [6.07, 6.45) is 2.78. The summed E-state index contributed by atoms with van der Waals surface area (Å²) in [6.45, 7) is 5.84. The van der Waals surface area contributed by atoms with E-state index in [1.54, 1.807) is 7.05 Å². The Hall–Kier alpha value is -2.83. The monoisotopic (exact) mass is 380 g/mol.